The Morgan fingerprint density at radius 1 is 1.00 bits per heavy atom. The van der Waals surface area contributed by atoms with Gasteiger partial charge < -0.3 is 8.85 Å². The quantitative estimate of drug-likeness (QED) is 0.478. The molecule has 0 heterocycles. The number of hydrogen-bond donors (Lipinski definition) is 0. The highest BCUT2D eigenvalue weighted by Gasteiger charge is 2.38. The van der Waals surface area contributed by atoms with Gasteiger partial charge in [0.25, 0.3) is 0 Å². The Balaban J connectivity index is 4.90. The maximum Gasteiger partial charge on any atom is 0.327 e. The van der Waals surface area contributed by atoms with Crippen LogP contribution in [0.4, 0.5) is 0 Å². The van der Waals surface area contributed by atoms with Gasteiger partial charge in [0.05, 0.1) is 0 Å². The molecule has 0 aromatic rings. The van der Waals surface area contributed by atoms with E-state index in [4.69, 9.17) is 8.85 Å². The molecule has 0 rings (SSSR count). The standard InChI is InChI=1S/C13H26O2Si/c1-6-9-11-13(8-3,12-10-7-2)16(14-4)15-5/h6-7,9-10,16H,8,11-12H2,1-5H3. The van der Waals surface area contributed by atoms with Crippen LogP contribution in [0.25, 0.3) is 0 Å². The minimum atomic E-state index is -1.61. The number of hydrogen-bond acceptors (Lipinski definition) is 2. The molecular formula is C13H26O2Si. The molecule has 94 valence electrons. The molecule has 0 aromatic heterocycles. The third kappa shape index (κ3) is 4.24. The third-order valence-corrected chi connectivity index (χ3v) is 5.89. The fraction of sp³-hybridized carbons (Fsp3) is 0.692. The van der Waals surface area contributed by atoms with Crippen molar-refractivity contribution < 1.29 is 8.85 Å². The van der Waals surface area contributed by atoms with Crippen molar-refractivity contribution in [3.05, 3.63) is 24.3 Å². The molecule has 0 spiro atoms. The van der Waals surface area contributed by atoms with Crippen molar-refractivity contribution in [1.82, 2.24) is 0 Å². The first kappa shape index (κ1) is 15.6. The van der Waals surface area contributed by atoms with Crippen molar-refractivity contribution in [3.8, 4) is 0 Å². The zero-order valence-corrected chi connectivity index (χ0v) is 12.5. The van der Waals surface area contributed by atoms with E-state index in [0.717, 1.165) is 19.3 Å². The van der Waals surface area contributed by atoms with Gasteiger partial charge in [-0.3, -0.25) is 0 Å². The van der Waals surface area contributed by atoms with Crippen LogP contribution < -0.4 is 0 Å². The Morgan fingerprint density at radius 3 is 1.69 bits per heavy atom. The summed E-state index contributed by atoms with van der Waals surface area (Å²) in [6, 6.07) is 0. The lowest BCUT2D eigenvalue weighted by molar-refractivity contribution is 0.234. The van der Waals surface area contributed by atoms with Gasteiger partial charge in [-0.2, -0.15) is 0 Å². The van der Waals surface area contributed by atoms with E-state index < -0.39 is 9.28 Å². The Kier molecular flexibility index (Phi) is 8.52. The van der Waals surface area contributed by atoms with Gasteiger partial charge in [0.15, 0.2) is 0 Å². The molecule has 0 aliphatic heterocycles. The summed E-state index contributed by atoms with van der Waals surface area (Å²) >= 11 is 0. The molecule has 0 saturated heterocycles. The molecule has 0 bridgehead atoms. The van der Waals surface area contributed by atoms with Crippen LogP contribution in [0.5, 0.6) is 0 Å². The van der Waals surface area contributed by atoms with Crippen LogP contribution in [0.2, 0.25) is 5.04 Å². The predicted molar refractivity (Wildman–Crippen MR) is 73.0 cm³/mol. The molecule has 0 radical (unpaired) electrons. The summed E-state index contributed by atoms with van der Waals surface area (Å²) in [7, 11) is 1.94. The van der Waals surface area contributed by atoms with E-state index in [9.17, 15) is 0 Å². The zero-order valence-electron chi connectivity index (χ0n) is 11.3. The average molecular weight is 242 g/mol. The van der Waals surface area contributed by atoms with Crippen molar-refractivity contribution in [2.75, 3.05) is 14.2 Å². The van der Waals surface area contributed by atoms with Crippen LogP contribution in [0.15, 0.2) is 24.3 Å². The SMILES string of the molecule is CC=CCC(CC)(CC=CC)[SiH](OC)OC. The van der Waals surface area contributed by atoms with Gasteiger partial charge in [0.2, 0.25) is 0 Å². The topological polar surface area (TPSA) is 18.5 Å². The molecule has 0 amide bonds. The summed E-state index contributed by atoms with van der Waals surface area (Å²) in [5.74, 6) is 0. The average Bonchev–Trinajstić information content (AvgIpc) is 2.33. The first-order chi connectivity index (χ1) is 7.70. The first-order valence-corrected chi connectivity index (χ1v) is 7.50. The minimum absolute atomic E-state index is 0.183. The van der Waals surface area contributed by atoms with E-state index in [0.29, 0.717) is 0 Å². The Bertz CT molecular complexity index is 206. The summed E-state index contributed by atoms with van der Waals surface area (Å²) in [6.07, 6.45) is 11.9. The summed E-state index contributed by atoms with van der Waals surface area (Å²) < 4.78 is 11.2. The molecule has 0 unspecified atom stereocenters. The molecule has 16 heavy (non-hydrogen) atoms. The molecule has 0 atom stereocenters. The zero-order chi connectivity index (χ0) is 12.4. The van der Waals surface area contributed by atoms with Crippen LogP contribution in [0, 0.1) is 0 Å². The lowest BCUT2D eigenvalue weighted by atomic mass is 9.96. The van der Waals surface area contributed by atoms with Gasteiger partial charge in [-0.1, -0.05) is 31.2 Å². The second-order valence-electron chi connectivity index (χ2n) is 4.07. The monoisotopic (exact) mass is 242 g/mol. The summed E-state index contributed by atoms with van der Waals surface area (Å²) in [5.41, 5.74) is 0. The van der Waals surface area contributed by atoms with Crippen molar-refractivity contribution in [1.29, 1.82) is 0 Å². The summed E-state index contributed by atoms with van der Waals surface area (Å²) in [5, 5.41) is 0.183. The van der Waals surface area contributed by atoms with Crippen molar-refractivity contribution in [3.63, 3.8) is 0 Å². The molecule has 0 aliphatic rings. The van der Waals surface area contributed by atoms with Crippen LogP contribution >= 0.6 is 0 Å². The van der Waals surface area contributed by atoms with Crippen molar-refractivity contribution in [2.24, 2.45) is 0 Å². The Labute approximate surface area is 102 Å². The van der Waals surface area contributed by atoms with Crippen LogP contribution in [0.1, 0.15) is 40.0 Å². The molecule has 2 nitrogen and oxygen atoms in total. The minimum Gasteiger partial charge on any atom is -0.400 e. The van der Waals surface area contributed by atoms with Crippen LogP contribution in [-0.2, 0) is 8.85 Å². The highest BCUT2D eigenvalue weighted by Crippen LogP contribution is 2.43. The summed E-state index contributed by atoms with van der Waals surface area (Å²) in [4.78, 5) is 0. The Morgan fingerprint density at radius 2 is 1.44 bits per heavy atom. The van der Waals surface area contributed by atoms with E-state index in [2.05, 4.69) is 45.1 Å². The molecule has 3 heteroatoms. The lowest BCUT2D eigenvalue weighted by Gasteiger charge is -2.35. The second-order valence-corrected chi connectivity index (χ2v) is 6.90. The summed E-state index contributed by atoms with van der Waals surface area (Å²) in [6.45, 7) is 6.35. The lowest BCUT2D eigenvalue weighted by Crippen LogP contribution is -2.36. The number of rotatable bonds is 8. The normalized spacial score (nSPS) is 16.4. The van der Waals surface area contributed by atoms with Crippen molar-refractivity contribution in [2.45, 2.75) is 45.1 Å². The molecular weight excluding hydrogens is 216 g/mol. The smallest absolute Gasteiger partial charge is 0.327 e. The van der Waals surface area contributed by atoms with Crippen molar-refractivity contribution >= 4 is 9.28 Å². The maximum atomic E-state index is 5.60. The fourth-order valence-corrected chi connectivity index (χ4v) is 4.22. The van der Waals surface area contributed by atoms with Crippen LogP contribution in [-0.4, -0.2) is 23.5 Å². The van der Waals surface area contributed by atoms with Gasteiger partial charge in [-0.25, -0.2) is 0 Å². The van der Waals surface area contributed by atoms with E-state index in [1.54, 1.807) is 14.2 Å². The second kappa shape index (κ2) is 8.73. The fourth-order valence-electron chi connectivity index (χ4n) is 2.03. The van der Waals surface area contributed by atoms with Gasteiger partial charge in [0, 0.05) is 19.3 Å². The van der Waals surface area contributed by atoms with E-state index in [-0.39, 0.29) is 5.04 Å². The van der Waals surface area contributed by atoms with E-state index in [1.807, 2.05) is 0 Å². The third-order valence-electron chi connectivity index (χ3n) is 3.15. The van der Waals surface area contributed by atoms with Gasteiger partial charge in [-0.05, 0) is 33.1 Å². The van der Waals surface area contributed by atoms with Gasteiger partial charge in [-0.15, -0.1) is 0 Å². The van der Waals surface area contributed by atoms with Crippen LogP contribution in [0.3, 0.4) is 0 Å². The highest BCUT2D eigenvalue weighted by molar-refractivity contribution is 6.48. The maximum absolute atomic E-state index is 5.60. The number of allylic oxidation sites excluding steroid dienone is 4. The first-order valence-electron chi connectivity index (χ1n) is 5.98. The van der Waals surface area contributed by atoms with Gasteiger partial charge in [0.1, 0.15) is 0 Å². The Hall–Kier alpha value is -0.383. The highest BCUT2D eigenvalue weighted by atomic mass is 28.3. The largest absolute Gasteiger partial charge is 0.400 e. The van der Waals surface area contributed by atoms with E-state index in [1.165, 1.54) is 0 Å². The predicted octanol–water partition coefficient (Wildman–Crippen LogP) is 3.58. The molecule has 0 fully saturated rings. The van der Waals surface area contributed by atoms with E-state index >= 15 is 0 Å². The molecule has 0 aliphatic carbocycles. The van der Waals surface area contributed by atoms with Gasteiger partial charge >= 0.3 is 9.28 Å². The molecule has 0 saturated carbocycles. The molecule has 0 N–H and O–H groups in total. The molecule has 0 aromatic carbocycles.